The maximum Gasteiger partial charge on any atom is 0.0619 e. The Balaban J connectivity index is 1.98. The molecule has 3 heteroatoms. The van der Waals surface area contributed by atoms with Crippen LogP contribution >= 0.6 is 22.6 Å². The van der Waals surface area contributed by atoms with Gasteiger partial charge in [-0.2, -0.15) is 0 Å². The fraction of sp³-hybridized carbons (Fsp3) is 0.500. The Bertz CT molecular complexity index is 312. The highest BCUT2D eigenvalue weighted by atomic mass is 127. The van der Waals surface area contributed by atoms with Crippen LogP contribution in [0.1, 0.15) is 12.5 Å². The molecule has 0 N–H and O–H groups in total. The molecule has 1 aromatic carbocycles. The van der Waals surface area contributed by atoms with Crippen molar-refractivity contribution >= 4 is 22.6 Å². The van der Waals surface area contributed by atoms with Crippen LogP contribution < -0.4 is 0 Å². The lowest BCUT2D eigenvalue weighted by molar-refractivity contribution is -0.00437. The van der Waals surface area contributed by atoms with Gasteiger partial charge in [0.2, 0.25) is 0 Å². The molecule has 1 aliphatic heterocycles. The minimum Gasteiger partial charge on any atom is -0.379 e. The third-order valence-electron chi connectivity index (χ3n) is 2.80. The highest BCUT2D eigenvalue weighted by Crippen LogP contribution is 2.13. The second-order valence-corrected chi connectivity index (χ2v) is 5.27. The minimum absolute atomic E-state index is 0.540. The van der Waals surface area contributed by atoms with Gasteiger partial charge in [0.15, 0.2) is 0 Å². The highest BCUT2D eigenvalue weighted by molar-refractivity contribution is 14.1. The van der Waals surface area contributed by atoms with Gasteiger partial charge in [-0.3, -0.25) is 4.90 Å². The molecule has 15 heavy (non-hydrogen) atoms. The lowest BCUT2D eigenvalue weighted by atomic mass is 10.1. The van der Waals surface area contributed by atoms with Crippen LogP contribution in [0.15, 0.2) is 24.3 Å². The number of rotatable bonds is 2. The average Bonchev–Trinajstić information content (AvgIpc) is 2.25. The van der Waals surface area contributed by atoms with E-state index < -0.39 is 0 Å². The number of nitrogens with zero attached hydrogens (tertiary/aromatic N) is 1. The van der Waals surface area contributed by atoms with Crippen LogP contribution in [0, 0.1) is 3.57 Å². The molecular formula is C12H16INO. The van der Waals surface area contributed by atoms with Gasteiger partial charge in [-0.25, -0.2) is 0 Å². The second kappa shape index (κ2) is 5.27. The zero-order valence-corrected chi connectivity index (χ0v) is 11.1. The molecule has 1 aromatic rings. The zero-order chi connectivity index (χ0) is 10.7. The number of halogens is 1. The van der Waals surface area contributed by atoms with Gasteiger partial charge in [0.1, 0.15) is 0 Å². The Labute approximate surface area is 105 Å². The Morgan fingerprint density at radius 2 is 2.13 bits per heavy atom. The summed E-state index contributed by atoms with van der Waals surface area (Å²) in [6, 6.07) is 9.30. The lowest BCUT2D eigenvalue weighted by Crippen LogP contribution is -2.42. The number of ether oxygens (including phenoxy) is 1. The Hall–Kier alpha value is -0.130. The largest absolute Gasteiger partial charge is 0.379 e. The molecule has 0 spiro atoms. The van der Waals surface area contributed by atoms with E-state index in [1.165, 1.54) is 9.13 Å². The fourth-order valence-corrected chi connectivity index (χ4v) is 2.18. The number of hydrogen-bond donors (Lipinski definition) is 0. The fourth-order valence-electron chi connectivity index (χ4n) is 1.82. The molecule has 2 nitrogen and oxygen atoms in total. The molecule has 1 fully saturated rings. The first kappa shape index (κ1) is 11.4. The summed E-state index contributed by atoms with van der Waals surface area (Å²) in [4.78, 5) is 2.48. The molecule has 0 unspecified atom stereocenters. The molecule has 0 aromatic heterocycles. The van der Waals surface area contributed by atoms with Gasteiger partial charge in [-0.15, -0.1) is 0 Å². The first-order chi connectivity index (χ1) is 7.25. The summed E-state index contributed by atoms with van der Waals surface area (Å²) in [5, 5.41) is 0. The molecular weight excluding hydrogens is 301 g/mol. The summed E-state index contributed by atoms with van der Waals surface area (Å²) in [6.45, 7) is 6.06. The van der Waals surface area contributed by atoms with E-state index in [0.29, 0.717) is 6.04 Å². The van der Waals surface area contributed by atoms with Crippen LogP contribution in [0.4, 0.5) is 0 Å². The summed E-state index contributed by atoms with van der Waals surface area (Å²) >= 11 is 2.34. The first-order valence-corrected chi connectivity index (χ1v) is 6.40. The molecule has 82 valence electrons. The van der Waals surface area contributed by atoms with E-state index in [4.69, 9.17) is 4.74 Å². The Kier molecular flexibility index (Phi) is 3.99. The van der Waals surface area contributed by atoms with Gasteiger partial charge in [-0.05, 0) is 47.2 Å². The normalized spacial score (nSPS) is 22.9. The van der Waals surface area contributed by atoms with Crippen LogP contribution in [0.2, 0.25) is 0 Å². The van der Waals surface area contributed by atoms with Gasteiger partial charge in [-0.1, -0.05) is 12.1 Å². The molecule has 1 heterocycles. The van der Waals surface area contributed by atoms with Crippen molar-refractivity contribution in [3.05, 3.63) is 33.4 Å². The molecule has 2 rings (SSSR count). The van der Waals surface area contributed by atoms with E-state index in [1.807, 2.05) is 0 Å². The van der Waals surface area contributed by atoms with E-state index in [-0.39, 0.29) is 0 Å². The maximum absolute atomic E-state index is 5.43. The van der Waals surface area contributed by atoms with Crippen molar-refractivity contribution in [1.82, 2.24) is 4.90 Å². The second-order valence-electron chi connectivity index (χ2n) is 4.02. The van der Waals surface area contributed by atoms with Crippen molar-refractivity contribution in [1.29, 1.82) is 0 Å². The quantitative estimate of drug-likeness (QED) is 0.777. The lowest BCUT2D eigenvalue weighted by Gasteiger charge is -2.33. The van der Waals surface area contributed by atoms with Crippen molar-refractivity contribution in [2.24, 2.45) is 0 Å². The molecule has 0 bridgehead atoms. The molecule has 1 atom stereocenters. The van der Waals surface area contributed by atoms with Crippen molar-refractivity contribution in [3.8, 4) is 0 Å². The van der Waals surface area contributed by atoms with Gasteiger partial charge in [0.05, 0.1) is 13.2 Å². The van der Waals surface area contributed by atoms with E-state index in [0.717, 1.165) is 26.3 Å². The van der Waals surface area contributed by atoms with Gasteiger partial charge in [0.25, 0.3) is 0 Å². The van der Waals surface area contributed by atoms with Crippen molar-refractivity contribution < 1.29 is 4.74 Å². The van der Waals surface area contributed by atoms with E-state index >= 15 is 0 Å². The van der Waals surface area contributed by atoms with Gasteiger partial charge < -0.3 is 4.74 Å². The minimum atomic E-state index is 0.540. The SMILES string of the molecule is C[C@H]1COCCN1Cc1ccc(I)cc1. The average molecular weight is 317 g/mol. The smallest absolute Gasteiger partial charge is 0.0619 e. The maximum atomic E-state index is 5.43. The number of morpholine rings is 1. The van der Waals surface area contributed by atoms with Crippen LogP contribution in [-0.2, 0) is 11.3 Å². The number of benzene rings is 1. The first-order valence-electron chi connectivity index (χ1n) is 5.32. The molecule has 0 aliphatic carbocycles. The summed E-state index contributed by atoms with van der Waals surface area (Å²) in [5.41, 5.74) is 1.39. The van der Waals surface area contributed by atoms with Crippen molar-refractivity contribution in [2.75, 3.05) is 19.8 Å². The van der Waals surface area contributed by atoms with Crippen molar-refractivity contribution in [2.45, 2.75) is 19.5 Å². The number of hydrogen-bond acceptors (Lipinski definition) is 2. The van der Waals surface area contributed by atoms with E-state index in [9.17, 15) is 0 Å². The summed E-state index contributed by atoms with van der Waals surface area (Å²) in [6.07, 6.45) is 0. The summed E-state index contributed by atoms with van der Waals surface area (Å²) in [7, 11) is 0. The summed E-state index contributed by atoms with van der Waals surface area (Å²) < 4.78 is 6.72. The zero-order valence-electron chi connectivity index (χ0n) is 8.95. The topological polar surface area (TPSA) is 12.5 Å². The van der Waals surface area contributed by atoms with Gasteiger partial charge in [0, 0.05) is 22.7 Å². The van der Waals surface area contributed by atoms with E-state index in [2.05, 4.69) is 58.7 Å². The Morgan fingerprint density at radius 1 is 1.40 bits per heavy atom. The molecule has 0 radical (unpaired) electrons. The predicted octanol–water partition coefficient (Wildman–Crippen LogP) is 2.51. The standard InChI is InChI=1S/C12H16INO/c1-10-9-15-7-6-14(10)8-11-2-4-12(13)5-3-11/h2-5,10H,6-9H2,1H3/t10-/m0/s1. The monoisotopic (exact) mass is 317 g/mol. The van der Waals surface area contributed by atoms with E-state index in [1.54, 1.807) is 0 Å². The van der Waals surface area contributed by atoms with Gasteiger partial charge >= 0.3 is 0 Å². The summed E-state index contributed by atoms with van der Waals surface area (Å²) in [5.74, 6) is 0. The highest BCUT2D eigenvalue weighted by Gasteiger charge is 2.18. The predicted molar refractivity (Wildman–Crippen MR) is 69.9 cm³/mol. The van der Waals surface area contributed by atoms with Crippen LogP contribution in [-0.4, -0.2) is 30.7 Å². The Morgan fingerprint density at radius 3 is 2.80 bits per heavy atom. The molecule has 1 saturated heterocycles. The molecule has 1 aliphatic rings. The molecule has 0 amide bonds. The van der Waals surface area contributed by atoms with Crippen LogP contribution in [0.5, 0.6) is 0 Å². The van der Waals surface area contributed by atoms with Crippen molar-refractivity contribution in [3.63, 3.8) is 0 Å². The van der Waals surface area contributed by atoms with Crippen LogP contribution in [0.25, 0.3) is 0 Å². The third-order valence-corrected chi connectivity index (χ3v) is 3.52. The third kappa shape index (κ3) is 3.16. The van der Waals surface area contributed by atoms with Crippen LogP contribution in [0.3, 0.4) is 0 Å². The molecule has 0 saturated carbocycles.